The van der Waals surface area contributed by atoms with Gasteiger partial charge in [-0.15, -0.1) is 0 Å². The van der Waals surface area contributed by atoms with E-state index in [1.54, 1.807) is 12.1 Å². The first-order valence-electron chi connectivity index (χ1n) is 7.69. The molecule has 8 nitrogen and oxygen atoms in total. The van der Waals surface area contributed by atoms with Gasteiger partial charge in [0.15, 0.2) is 5.69 Å². The predicted molar refractivity (Wildman–Crippen MR) is 88.8 cm³/mol. The van der Waals surface area contributed by atoms with Crippen molar-refractivity contribution in [2.45, 2.75) is 19.5 Å². The lowest BCUT2D eigenvalue weighted by Gasteiger charge is -2.17. The van der Waals surface area contributed by atoms with Crippen LogP contribution in [-0.2, 0) is 19.6 Å². The topological polar surface area (TPSA) is 110 Å². The molecule has 0 saturated heterocycles. The Balaban J connectivity index is 2.32. The van der Waals surface area contributed by atoms with Crippen molar-refractivity contribution < 1.29 is 27.6 Å². The average molecular weight is 383 g/mol. The molecule has 5 amide bonds. The Bertz CT molecular complexity index is 874. The molecule has 144 valence electrons. The van der Waals surface area contributed by atoms with Gasteiger partial charge < -0.3 is 11.1 Å². The zero-order valence-corrected chi connectivity index (χ0v) is 14.4. The van der Waals surface area contributed by atoms with E-state index in [4.69, 9.17) is 5.73 Å². The van der Waals surface area contributed by atoms with Crippen molar-refractivity contribution in [2.75, 3.05) is 5.32 Å². The molecule has 0 aliphatic rings. The first-order valence-corrected chi connectivity index (χ1v) is 7.69. The number of carbonyl (C=O) groups excluding carboxylic acids is 3. The minimum absolute atomic E-state index is 0.111. The molecule has 0 aliphatic carbocycles. The molecule has 2 aromatic rings. The number of alkyl halides is 3. The van der Waals surface area contributed by atoms with Crippen molar-refractivity contribution in [3.8, 4) is 0 Å². The van der Waals surface area contributed by atoms with Gasteiger partial charge in [-0.25, -0.2) is 9.59 Å². The third-order valence-electron chi connectivity index (χ3n) is 3.57. The van der Waals surface area contributed by atoms with Crippen LogP contribution in [0.2, 0.25) is 0 Å². The Labute approximate surface area is 151 Å². The lowest BCUT2D eigenvalue weighted by Crippen LogP contribution is -2.47. The van der Waals surface area contributed by atoms with E-state index in [0.29, 0.717) is 0 Å². The normalized spacial score (nSPS) is 11.1. The maximum absolute atomic E-state index is 13.0. The second kappa shape index (κ2) is 7.48. The van der Waals surface area contributed by atoms with Crippen LogP contribution in [0.5, 0.6) is 0 Å². The molecule has 3 N–H and O–H groups in total. The number of urea groups is 2. The summed E-state index contributed by atoms with van der Waals surface area (Å²) in [4.78, 5) is 36.1. The zero-order chi connectivity index (χ0) is 20.4. The number of aromatic nitrogens is 2. The molecular weight excluding hydrogens is 367 g/mol. The van der Waals surface area contributed by atoms with Gasteiger partial charge in [0.25, 0.3) is 5.91 Å². The summed E-state index contributed by atoms with van der Waals surface area (Å²) >= 11 is 0. The lowest BCUT2D eigenvalue weighted by molar-refractivity contribution is -0.141. The number of hydrogen-bond donors (Lipinski definition) is 2. The van der Waals surface area contributed by atoms with Gasteiger partial charge in [-0.05, 0) is 24.1 Å². The van der Waals surface area contributed by atoms with Gasteiger partial charge in [-0.2, -0.15) is 23.2 Å². The Morgan fingerprint density at radius 1 is 1.22 bits per heavy atom. The van der Waals surface area contributed by atoms with Crippen LogP contribution in [0.3, 0.4) is 0 Å². The van der Waals surface area contributed by atoms with Crippen molar-refractivity contribution >= 4 is 23.7 Å². The number of halogens is 3. The number of primary amides is 1. The van der Waals surface area contributed by atoms with Crippen molar-refractivity contribution in [2.24, 2.45) is 12.8 Å². The molecule has 0 saturated carbocycles. The maximum Gasteiger partial charge on any atom is 0.435 e. The molecule has 2 rings (SSSR count). The van der Waals surface area contributed by atoms with E-state index in [9.17, 15) is 27.6 Å². The molecule has 0 radical (unpaired) electrons. The zero-order valence-electron chi connectivity index (χ0n) is 14.4. The third kappa shape index (κ3) is 4.43. The molecule has 0 aliphatic heterocycles. The van der Waals surface area contributed by atoms with E-state index in [0.717, 1.165) is 29.9 Å². The third-order valence-corrected chi connectivity index (χ3v) is 3.57. The van der Waals surface area contributed by atoms with Crippen LogP contribution in [-0.4, -0.2) is 32.6 Å². The Kier molecular flexibility index (Phi) is 5.52. The lowest BCUT2D eigenvalue weighted by atomic mass is 10.1. The first kappa shape index (κ1) is 19.9. The summed E-state index contributed by atoms with van der Waals surface area (Å²) in [7, 11) is 1.16. The predicted octanol–water partition coefficient (Wildman–Crippen LogP) is 2.75. The van der Waals surface area contributed by atoms with Crippen LogP contribution in [0.25, 0.3) is 0 Å². The molecular formula is C16H16F3N5O3. The summed E-state index contributed by atoms with van der Waals surface area (Å²) in [6, 6.07) is 3.63. The van der Waals surface area contributed by atoms with E-state index in [1.807, 2.05) is 6.92 Å². The van der Waals surface area contributed by atoms with Crippen molar-refractivity contribution in [3.63, 3.8) is 0 Å². The van der Waals surface area contributed by atoms with E-state index in [1.165, 1.54) is 12.1 Å². The van der Waals surface area contributed by atoms with Gasteiger partial charge in [-0.3, -0.25) is 9.48 Å². The van der Waals surface area contributed by atoms with Crippen LogP contribution in [0, 0.1) is 0 Å². The smallest absolute Gasteiger partial charge is 0.351 e. The summed E-state index contributed by atoms with van der Waals surface area (Å²) in [5, 5.41) is 5.41. The molecule has 27 heavy (non-hydrogen) atoms. The number of rotatable bonds is 3. The molecule has 1 aromatic carbocycles. The molecule has 0 atom stereocenters. The van der Waals surface area contributed by atoms with E-state index in [2.05, 4.69) is 10.4 Å². The average Bonchev–Trinajstić information content (AvgIpc) is 2.97. The van der Waals surface area contributed by atoms with E-state index < -0.39 is 35.4 Å². The van der Waals surface area contributed by atoms with Gasteiger partial charge in [0.05, 0.1) is 5.56 Å². The molecule has 0 fully saturated rings. The molecule has 1 heterocycles. The summed E-state index contributed by atoms with van der Waals surface area (Å²) < 4.78 is 39.9. The first-order chi connectivity index (χ1) is 12.5. The van der Waals surface area contributed by atoms with E-state index in [-0.39, 0.29) is 10.6 Å². The summed E-state index contributed by atoms with van der Waals surface area (Å²) in [6.45, 7) is 1.92. The molecule has 0 unspecified atom stereocenters. The highest BCUT2D eigenvalue weighted by atomic mass is 19.4. The highest BCUT2D eigenvalue weighted by molar-refractivity contribution is 6.18. The number of imide groups is 3. The van der Waals surface area contributed by atoms with Crippen LogP contribution in [0.1, 0.15) is 28.5 Å². The number of carbonyl (C=O) groups is 3. The minimum atomic E-state index is -4.96. The number of amides is 5. The number of nitrogens with two attached hydrogens (primary N) is 1. The van der Waals surface area contributed by atoms with Gasteiger partial charge in [-0.1, -0.05) is 19.1 Å². The number of hydrogen-bond acceptors (Lipinski definition) is 4. The minimum Gasteiger partial charge on any atom is -0.351 e. The van der Waals surface area contributed by atoms with Crippen LogP contribution >= 0.6 is 0 Å². The number of benzene rings is 1. The van der Waals surface area contributed by atoms with Crippen LogP contribution < -0.4 is 11.1 Å². The Hall–Kier alpha value is -3.37. The van der Waals surface area contributed by atoms with Crippen LogP contribution in [0.15, 0.2) is 30.5 Å². The summed E-state index contributed by atoms with van der Waals surface area (Å²) in [6.07, 6.45) is -3.45. The molecule has 0 bridgehead atoms. The number of nitrogens with one attached hydrogen (secondary N) is 1. The van der Waals surface area contributed by atoms with Gasteiger partial charge in [0.2, 0.25) is 0 Å². The van der Waals surface area contributed by atoms with Gasteiger partial charge in [0.1, 0.15) is 0 Å². The SMILES string of the molecule is CCc1ccc(NC(=O)N(C(N)=O)C(=O)c2cn(C)nc2C(F)(F)F)cc1. The van der Waals surface area contributed by atoms with Crippen molar-refractivity contribution in [1.82, 2.24) is 14.7 Å². The quantitative estimate of drug-likeness (QED) is 0.849. The highest BCUT2D eigenvalue weighted by Crippen LogP contribution is 2.31. The molecule has 11 heteroatoms. The highest BCUT2D eigenvalue weighted by Gasteiger charge is 2.41. The van der Waals surface area contributed by atoms with Gasteiger partial charge >= 0.3 is 18.2 Å². The number of nitrogens with zero attached hydrogens (tertiary/aromatic N) is 3. The van der Waals surface area contributed by atoms with Crippen molar-refractivity contribution in [1.29, 1.82) is 0 Å². The molecule has 1 aromatic heterocycles. The Morgan fingerprint density at radius 3 is 2.30 bits per heavy atom. The fourth-order valence-electron chi connectivity index (χ4n) is 2.27. The monoisotopic (exact) mass is 383 g/mol. The fraction of sp³-hybridized carbons (Fsp3) is 0.250. The summed E-state index contributed by atoms with van der Waals surface area (Å²) in [5.74, 6) is -1.54. The van der Waals surface area contributed by atoms with E-state index >= 15 is 0 Å². The van der Waals surface area contributed by atoms with Crippen molar-refractivity contribution in [3.05, 3.63) is 47.3 Å². The van der Waals surface area contributed by atoms with Gasteiger partial charge in [0, 0.05) is 18.9 Å². The summed E-state index contributed by atoms with van der Waals surface area (Å²) in [5.41, 5.74) is 3.75. The number of anilines is 1. The Morgan fingerprint density at radius 2 is 1.81 bits per heavy atom. The second-order valence-corrected chi connectivity index (χ2v) is 5.52. The largest absolute Gasteiger partial charge is 0.435 e. The fourth-order valence-corrected chi connectivity index (χ4v) is 2.27. The van der Waals surface area contributed by atoms with Crippen LogP contribution in [0.4, 0.5) is 28.4 Å². The maximum atomic E-state index is 13.0. The standard InChI is InChI=1S/C16H16F3N5O3/c1-3-9-4-6-10(7-5-9)21-15(27)24(14(20)26)13(25)11-8-23(2)22-12(11)16(17,18)19/h4-8H,3H2,1-2H3,(H2,20,26)(H,21,27). The number of aryl methyl sites for hydroxylation is 2. The second-order valence-electron chi connectivity index (χ2n) is 5.52. The molecule has 0 spiro atoms.